The van der Waals surface area contributed by atoms with Gasteiger partial charge in [0, 0.05) is 28.7 Å². The second-order valence-corrected chi connectivity index (χ2v) is 6.00. The number of rotatable bonds is 5. The van der Waals surface area contributed by atoms with E-state index in [1.54, 1.807) is 0 Å². The number of carbonyl (C=O) groups excluding carboxylic acids is 1. The zero-order chi connectivity index (χ0) is 17.8. The molecule has 0 saturated carbocycles. The van der Waals surface area contributed by atoms with Crippen molar-refractivity contribution in [3.8, 4) is 0 Å². The average molecular weight is 356 g/mol. The van der Waals surface area contributed by atoms with E-state index in [9.17, 15) is 4.79 Å². The molecule has 1 aromatic heterocycles. The maximum Gasteiger partial charge on any atom is 0.341 e. The SMILES string of the molecule is COC=C(C(=O)OC)c1ccccc1Cn1ccc2cc(Cl)ccc21. The summed E-state index contributed by atoms with van der Waals surface area (Å²) < 4.78 is 12.1. The van der Waals surface area contributed by atoms with Crippen LogP contribution in [0.1, 0.15) is 11.1 Å². The number of aromatic nitrogens is 1. The lowest BCUT2D eigenvalue weighted by Crippen LogP contribution is -2.08. The van der Waals surface area contributed by atoms with Gasteiger partial charge in [0.25, 0.3) is 0 Å². The first-order chi connectivity index (χ1) is 12.1. The standard InChI is InChI=1S/C20H18ClNO3/c1-24-13-18(20(23)25-2)17-6-4-3-5-15(17)12-22-10-9-14-11-16(21)7-8-19(14)22/h3-11,13H,12H2,1-2H3. The van der Waals surface area contributed by atoms with E-state index in [0.29, 0.717) is 17.1 Å². The summed E-state index contributed by atoms with van der Waals surface area (Å²) in [5.74, 6) is -0.432. The fraction of sp³-hybridized carbons (Fsp3) is 0.150. The number of carbonyl (C=O) groups is 1. The van der Waals surface area contributed by atoms with Crippen LogP contribution < -0.4 is 0 Å². The van der Waals surface area contributed by atoms with Crippen LogP contribution in [0.3, 0.4) is 0 Å². The van der Waals surface area contributed by atoms with Gasteiger partial charge in [-0.1, -0.05) is 35.9 Å². The minimum absolute atomic E-state index is 0.389. The number of methoxy groups -OCH3 is 2. The molecule has 3 aromatic rings. The highest BCUT2D eigenvalue weighted by Gasteiger charge is 2.17. The van der Waals surface area contributed by atoms with Crippen molar-refractivity contribution in [2.24, 2.45) is 0 Å². The van der Waals surface area contributed by atoms with Crippen molar-refractivity contribution in [3.63, 3.8) is 0 Å². The van der Waals surface area contributed by atoms with Gasteiger partial charge in [0.05, 0.1) is 20.5 Å². The van der Waals surface area contributed by atoms with Gasteiger partial charge >= 0.3 is 5.97 Å². The molecule has 1 heterocycles. The van der Waals surface area contributed by atoms with Crippen LogP contribution in [0.25, 0.3) is 16.5 Å². The summed E-state index contributed by atoms with van der Waals surface area (Å²) in [6.45, 7) is 0.610. The van der Waals surface area contributed by atoms with Gasteiger partial charge in [0.2, 0.25) is 0 Å². The maximum absolute atomic E-state index is 12.1. The second kappa shape index (κ2) is 7.45. The number of ether oxygens (including phenoxy) is 2. The normalized spacial score (nSPS) is 11.6. The molecule has 5 heteroatoms. The van der Waals surface area contributed by atoms with E-state index < -0.39 is 5.97 Å². The molecule has 0 fully saturated rings. The van der Waals surface area contributed by atoms with Gasteiger partial charge in [-0.15, -0.1) is 0 Å². The van der Waals surface area contributed by atoms with E-state index in [0.717, 1.165) is 22.0 Å². The smallest absolute Gasteiger partial charge is 0.341 e. The molecule has 0 aliphatic carbocycles. The molecule has 0 amide bonds. The summed E-state index contributed by atoms with van der Waals surface area (Å²) >= 11 is 6.06. The van der Waals surface area contributed by atoms with Crippen LogP contribution in [0.5, 0.6) is 0 Å². The van der Waals surface area contributed by atoms with E-state index in [1.807, 2.05) is 54.7 Å². The topological polar surface area (TPSA) is 40.5 Å². The van der Waals surface area contributed by atoms with E-state index in [2.05, 4.69) is 4.57 Å². The van der Waals surface area contributed by atoms with Crippen molar-refractivity contribution in [1.82, 2.24) is 4.57 Å². The van der Waals surface area contributed by atoms with E-state index in [1.165, 1.54) is 20.5 Å². The molecule has 2 aromatic carbocycles. The fourth-order valence-corrected chi connectivity index (χ4v) is 3.04. The van der Waals surface area contributed by atoms with Crippen molar-refractivity contribution >= 4 is 34.0 Å². The highest BCUT2D eigenvalue weighted by Crippen LogP contribution is 2.25. The highest BCUT2D eigenvalue weighted by molar-refractivity contribution is 6.31. The fourth-order valence-electron chi connectivity index (χ4n) is 2.86. The number of halogens is 1. The predicted molar refractivity (Wildman–Crippen MR) is 99.5 cm³/mol. The van der Waals surface area contributed by atoms with Crippen LogP contribution in [0, 0.1) is 0 Å². The molecule has 0 aliphatic rings. The van der Waals surface area contributed by atoms with Crippen molar-refractivity contribution in [1.29, 1.82) is 0 Å². The Kier molecular flexibility index (Phi) is 5.10. The summed E-state index contributed by atoms with van der Waals surface area (Å²) in [6, 6.07) is 15.5. The Hall–Kier alpha value is -2.72. The van der Waals surface area contributed by atoms with Gasteiger partial charge in [-0.25, -0.2) is 4.79 Å². The number of nitrogens with zero attached hydrogens (tertiary/aromatic N) is 1. The molecular weight excluding hydrogens is 338 g/mol. The summed E-state index contributed by atoms with van der Waals surface area (Å²) in [7, 11) is 2.87. The Morgan fingerprint density at radius 1 is 1.16 bits per heavy atom. The van der Waals surface area contributed by atoms with Crippen LogP contribution >= 0.6 is 11.6 Å². The molecule has 4 nitrogen and oxygen atoms in total. The van der Waals surface area contributed by atoms with E-state index >= 15 is 0 Å². The van der Waals surface area contributed by atoms with Gasteiger partial charge < -0.3 is 14.0 Å². The largest absolute Gasteiger partial charge is 0.503 e. The lowest BCUT2D eigenvalue weighted by Gasteiger charge is -2.13. The third-order valence-corrected chi connectivity index (χ3v) is 4.26. The predicted octanol–water partition coefficient (Wildman–Crippen LogP) is 4.50. The third kappa shape index (κ3) is 3.54. The van der Waals surface area contributed by atoms with Crippen LogP contribution in [0.4, 0.5) is 0 Å². The second-order valence-electron chi connectivity index (χ2n) is 5.56. The summed E-state index contributed by atoms with van der Waals surface area (Å²) in [6.07, 6.45) is 3.42. The van der Waals surface area contributed by atoms with Gasteiger partial charge in [0.1, 0.15) is 5.57 Å². The molecule has 0 N–H and O–H groups in total. The molecule has 0 saturated heterocycles. The van der Waals surface area contributed by atoms with Crippen molar-refractivity contribution < 1.29 is 14.3 Å². The molecule has 0 aliphatic heterocycles. The number of hydrogen-bond donors (Lipinski definition) is 0. The highest BCUT2D eigenvalue weighted by atomic mass is 35.5. The van der Waals surface area contributed by atoms with Crippen LogP contribution in [0.15, 0.2) is 61.0 Å². The lowest BCUT2D eigenvalue weighted by atomic mass is 10.0. The van der Waals surface area contributed by atoms with E-state index in [-0.39, 0.29) is 0 Å². The lowest BCUT2D eigenvalue weighted by molar-refractivity contribution is -0.133. The molecule has 128 valence electrons. The number of benzene rings is 2. The molecule has 3 rings (SSSR count). The van der Waals surface area contributed by atoms with Crippen molar-refractivity contribution in [2.45, 2.75) is 6.54 Å². The molecule has 0 radical (unpaired) electrons. The van der Waals surface area contributed by atoms with Crippen molar-refractivity contribution in [2.75, 3.05) is 14.2 Å². The first-order valence-electron chi connectivity index (χ1n) is 7.78. The third-order valence-electron chi connectivity index (χ3n) is 4.02. The van der Waals surface area contributed by atoms with Gasteiger partial charge in [-0.05, 0) is 35.4 Å². The molecule has 0 atom stereocenters. The molecular formula is C20H18ClNO3. The zero-order valence-corrected chi connectivity index (χ0v) is 14.8. The van der Waals surface area contributed by atoms with Gasteiger partial charge in [0.15, 0.2) is 0 Å². The van der Waals surface area contributed by atoms with Gasteiger partial charge in [-0.3, -0.25) is 0 Å². The number of fused-ring (bicyclic) bond motifs is 1. The quantitative estimate of drug-likeness (QED) is 0.384. The molecule has 0 bridgehead atoms. The number of esters is 1. The molecule has 0 unspecified atom stereocenters. The Balaban J connectivity index is 2.03. The van der Waals surface area contributed by atoms with Crippen LogP contribution in [-0.2, 0) is 20.8 Å². The first kappa shape index (κ1) is 17.1. The summed E-state index contributed by atoms with van der Waals surface area (Å²) in [5.41, 5.74) is 3.24. The maximum atomic E-state index is 12.1. The first-order valence-corrected chi connectivity index (χ1v) is 8.16. The average Bonchev–Trinajstić information content (AvgIpc) is 3.01. The zero-order valence-electron chi connectivity index (χ0n) is 14.0. The Morgan fingerprint density at radius 3 is 2.72 bits per heavy atom. The monoisotopic (exact) mass is 355 g/mol. The van der Waals surface area contributed by atoms with E-state index in [4.69, 9.17) is 21.1 Å². The molecule has 25 heavy (non-hydrogen) atoms. The van der Waals surface area contributed by atoms with Crippen LogP contribution in [-0.4, -0.2) is 24.8 Å². The summed E-state index contributed by atoms with van der Waals surface area (Å²) in [5, 5.41) is 1.78. The Bertz CT molecular complexity index is 943. The van der Waals surface area contributed by atoms with Crippen molar-refractivity contribution in [3.05, 3.63) is 77.1 Å². The Labute approximate surface area is 151 Å². The minimum atomic E-state index is -0.432. The molecule has 0 spiro atoms. The van der Waals surface area contributed by atoms with Crippen LogP contribution in [0.2, 0.25) is 5.02 Å². The van der Waals surface area contributed by atoms with Gasteiger partial charge in [-0.2, -0.15) is 0 Å². The number of hydrogen-bond acceptors (Lipinski definition) is 3. The Morgan fingerprint density at radius 2 is 1.96 bits per heavy atom. The minimum Gasteiger partial charge on any atom is -0.503 e. The summed E-state index contributed by atoms with van der Waals surface area (Å²) in [4.78, 5) is 12.1.